The summed E-state index contributed by atoms with van der Waals surface area (Å²) in [7, 11) is 0. The van der Waals surface area contributed by atoms with Gasteiger partial charge in [-0.15, -0.1) is 0 Å². The molecule has 0 saturated heterocycles. The fraction of sp³-hybridized carbons (Fsp3) is 0.571. The van der Waals surface area contributed by atoms with Gasteiger partial charge in [-0.05, 0) is 62.8 Å². The zero-order valence-electron chi connectivity index (χ0n) is 15.0. The van der Waals surface area contributed by atoms with Crippen LogP contribution in [0.3, 0.4) is 0 Å². The van der Waals surface area contributed by atoms with Crippen molar-refractivity contribution in [1.29, 1.82) is 0 Å². The van der Waals surface area contributed by atoms with Crippen LogP contribution in [0.15, 0.2) is 23.8 Å². The van der Waals surface area contributed by atoms with Crippen molar-refractivity contribution in [2.45, 2.75) is 70.8 Å². The Balaban J connectivity index is 2.00. The van der Waals surface area contributed by atoms with Gasteiger partial charge in [-0.1, -0.05) is 25.8 Å². The van der Waals surface area contributed by atoms with Crippen LogP contribution in [-0.4, -0.2) is 17.0 Å². The van der Waals surface area contributed by atoms with E-state index in [0.717, 1.165) is 54.4 Å². The van der Waals surface area contributed by atoms with E-state index < -0.39 is 0 Å². The molecule has 0 spiro atoms. The van der Waals surface area contributed by atoms with Crippen LogP contribution < -0.4 is 4.74 Å². The lowest BCUT2D eigenvalue weighted by atomic mass is 9.68. The number of carbonyl (C=O) groups is 1. The number of allylic oxidation sites excluding steroid dienone is 2. The van der Waals surface area contributed by atoms with Gasteiger partial charge in [-0.2, -0.15) is 0 Å². The first-order chi connectivity index (χ1) is 11.5. The van der Waals surface area contributed by atoms with Gasteiger partial charge in [0.1, 0.15) is 23.4 Å². The van der Waals surface area contributed by atoms with E-state index in [1.165, 1.54) is 12.8 Å². The van der Waals surface area contributed by atoms with Gasteiger partial charge in [0.05, 0.1) is 0 Å². The lowest BCUT2D eigenvalue weighted by Gasteiger charge is -2.46. The third kappa shape index (κ3) is 3.09. The van der Waals surface area contributed by atoms with Crippen molar-refractivity contribution in [3.63, 3.8) is 0 Å². The molecular weight excluding hydrogens is 300 g/mol. The highest BCUT2D eigenvalue weighted by Crippen LogP contribution is 2.53. The van der Waals surface area contributed by atoms with Crippen LogP contribution in [0.5, 0.6) is 11.5 Å². The summed E-state index contributed by atoms with van der Waals surface area (Å²) in [5.74, 6) is 1.44. The molecule has 2 aliphatic rings. The van der Waals surface area contributed by atoms with Gasteiger partial charge in [0.2, 0.25) is 0 Å². The van der Waals surface area contributed by atoms with Gasteiger partial charge < -0.3 is 9.84 Å². The molecule has 0 radical (unpaired) electrons. The molecule has 2 atom stereocenters. The monoisotopic (exact) mass is 328 g/mol. The average Bonchev–Trinajstić information content (AvgIpc) is 2.53. The normalized spacial score (nSPS) is 24.4. The summed E-state index contributed by atoms with van der Waals surface area (Å²) in [6.07, 6.45) is 9.17. The summed E-state index contributed by atoms with van der Waals surface area (Å²) in [5, 5.41) is 10.7. The van der Waals surface area contributed by atoms with Gasteiger partial charge in [0, 0.05) is 17.4 Å². The van der Waals surface area contributed by atoms with Crippen molar-refractivity contribution >= 4 is 6.29 Å². The van der Waals surface area contributed by atoms with Crippen LogP contribution in [0.25, 0.3) is 0 Å². The molecular formula is C21H28O3. The summed E-state index contributed by atoms with van der Waals surface area (Å²) in [6.45, 7) is 6.43. The van der Waals surface area contributed by atoms with Crippen molar-refractivity contribution in [2.75, 3.05) is 0 Å². The average molecular weight is 328 g/mol. The molecule has 1 aromatic rings. The molecule has 24 heavy (non-hydrogen) atoms. The second-order valence-electron chi connectivity index (χ2n) is 7.72. The number of fused-ring (bicyclic) bond motifs is 3. The number of aldehydes is 1. The molecule has 1 aromatic carbocycles. The molecule has 0 aromatic heterocycles. The number of aryl methyl sites for hydroxylation is 1. The molecule has 1 heterocycles. The Morgan fingerprint density at radius 2 is 2.12 bits per heavy atom. The predicted octanol–water partition coefficient (Wildman–Crippen LogP) is 4.91. The quantitative estimate of drug-likeness (QED) is 0.617. The zero-order chi connectivity index (χ0) is 17.3. The van der Waals surface area contributed by atoms with E-state index in [1.54, 1.807) is 0 Å². The molecule has 0 bridgehead atoms. The summed E-state index contributed by atoms with van der Waals surface area (Å²) in [6, 6.07) is 3.97. The van der Waals surface area contributed by atoms with Gasteiger partial charge in [-0.3, -0.25) is 4.79 Å². The largest absolute Gasteiger partial charge is 0.507 e. The van der Waals surface area contributed by atoms with Crippen molar-refractivity contribution < 1.29 is 14.6 Å². The second kappa shape index (κ2) is 6.62. The highest BCUT2D eigenvalue weighted by molar-refractivity contribution is 5.74. The maximum Gasteiger partial charge on any atom is 0.145 e. The molecule has 0 amide bonds. The van der Waals surface area contributed by atoms with Crippen LogP contribution in [0.1, 0.15) is 69.9 Å². The van der Waals surface area contributed by atoms with Crippen molar-refractivity contribution in [1.82, 2.24) is 0 Å². The first kappa shape index (κ1) is 17.1. The van der Waals surface area contributed by atoms with Gasteiger partial charge in [-0.25, -0.2) is 0 Å². The van der Waals surface area contributed by atoms with Gasteiger partial charge in [0.25, 0.3) is 0 Å². The van der Waals surface area contributed by atoms with Crippen molar-refractivity contribution in [3.05, 3.63) is 34.9 Å². The Labute approximate surface area is 144 Å². The molecule has 1 aliphatic heterocycles. The number of unbranched alkanes of at least 4 members (excludes halogenated alkanes) is 2. The van der Waals surface area contributed by atoms with Crippen LogP contribution in [-0.2, 0) is 11.2 Å². The van der Waals surface area contributed by atoms with Crippen LogP contribution in [0.4, 0.5) is 0 Å². The fourth-order valence-electron chi connectivity index (χ4n) is 4.26. The number of aromatic hydroxyl groups is 1. The third-order valence-corrected chi connectivity index (χ3v) is 5.57. The summed E-state index contributed by atoms with van der Waals surface area (Å²) < 4.78 is 6.31. The van der Waals surface area contributed by atoms with E-state index in [0.29, 0.717) is 5.75 Å². The lowest BCUT2D eigenvalue weighted by Crippen LogP contribution is -2.45. The summed E-state index contributed by atoms with van der Waals surface area (Å²) >= 11 is 0. The van der Waals surface area contributed by atoms with Crippen LogP contribution in [0.2, 0.25) is 0 Å². The number of hydrogen-bond donors (Lipinski definition) is 1. The Morgan fingerprint density at radius 3 is 2.83 bits per heavy atom. The highest BCUT2D eigenvalue weighted by Gasteiger charge is 2.45. The molecule has 3 heteroatoms. The molecule has 0 unspecified atom stereocenters. The highest BCUT2D eigenvalue weighted by atomic mass is 16.5. The molecule has 1 N–H and O–H groups in total. The van der Waals surface area contributed by atoms with Gasteiger partial charge >= 0.3 is 0 Å². The van der Waals surface area contributed by atoms with E-state index in [4.69, 9.17) is 4.74 Å². The molecule has 3 rings (SSSR count). The number of hydrogen-bond acceptors (Lipinski definition) is 3. The third-order valence-electron chi connectivity index (χ3n) is 5.57. The molecule has 0 saturated carbocycles. The standard InChI is InChI=1S/C21H28O3/c1-4-5-6-7-14-11-18(23)20-16-10-15(13-22)8-9-17(16)21(2,3)24-19(20)12-14/h10-13,16-17,23H,4-9H2,1-3H3/t16-,17-/m1/s1. The SMILES string of the molecule is CCCCCc1cc(O)c2c(c1)OC(C)(C)[C@@H]1CCC(C=O)=C[C@@H]21. The van der Waals surface area contributed by atoms with E-state index >= 15 is 0 Å². The predicted molar refractivity (Wildman–Crippen MR) is 95.7 cm³/mol. The fourth-order valence-corrected chi connectivity index (χ4v) is 4.26. The minimum Gasteiger partial charge on any atom is -0.507 e. The van der Waals surface area contributed by atoms with Gasteiger partial charge in [0.15, 0.2) is 0 Å². The smallest absolute Gasteiger partial charge is 0.145 e. The Kier molecular flexibility index (Phi) is 4.71. The zero-order valence-corrected chi connectivity index (χ0v) is 15.0. The Bertz CT molecular complexity index is 657. The Morgan fingerprint density at radius 1 is 1.33 bits per heavy atom. The maximum absolute atomic E-state index is 11.2. The summed E-state index contributed by atoms with van der Waals surface area (Å²) in [4.78, 5) is 11.2. The number of benzene rings is 1. The van der Waals surface area contributed by atoms with Crippen molar-refractivity contribution in [3.8, 4) is 11.5 Å². The number of rotatable bonds is 5. The lowest BCUT2D eigenvalue weighted by molar-refractivity contribution is -0.105. The van der Waals surface area contributed by atoms with Crippen LogP contribution >= 0.6 is 0 Å². The molecule has 130 valence electrons. The number of carbonyl (C=O) groups excluding carboxylic acids is 1. The van der Waals surface area contributed by atoms with E-state index in [-0.39, 0.29) is 17.4 Å². The van der Waals surface area contributed by atoms with Crippen LogP contribution in [0, 0.1) is 5.92 Å². The first-order valence-corrected chi connectivity index (χ1v) is 9.17. The van der Waals surface area contributed by atoms with E-state index in [2.05, 4.69) is 26.8 Å². The number of phenols is 1. The topological polar surface area (TPSA) is 46.5 Å². The molecule has 0 fully saturated rings. The number of phenolic OH excluding ortho intramolecular Hbond substituents is 1. The van der Waals surface area contributed by atoms with Crippen molar-refractivity contribution in [2.24, 2.45) is 5.92 Å². The first-order valence-electron chi connectivity index (χ1n) is 9.17. The summed E-state index contributed by atoms with van der Waals surface area (Å²) in [5.41, 5.74) is 2.53. The second-order valence-corrected chi connectivity index (χ2v) is 7.72. The minimum atomic E-state index is -0.295. The molecule has 3 nitrogen and oxygen atoms in total. The Hall–Kier alpha value is -1.77. The van der Waals surface area contributed by atoms with E-state index in [1.807, 2.05) is 12.1 Å². The minimum absolute atomic E-state index is 0.0578. The number of ether oxygens (including phenoxy) is 1. The van der Waals surface area contributed by atoms with E-state index in [9.17, 15) is 9.90 Å². The molecule has 1 aliphatic carbocycles. The maximum atomic E-state index is 11.2.